The van der Waals surface area contributed by atoms with Crippen LogP contribution in [0.2, 0.25) is 0 Å². The molecule has 0 radical (unpaired) electrons. The van der Waals surface area contributed by atoms with E-state index in [2.05, 4.69) is 0 Å². The molecule has 0 N–H and O–H groups in total. The Kier molecular flexibility index (Phi) is 3.23. The number of hydrogen-bond donors (Lipinski definition) is 0. The van der Waals surface area contributed by atoms with Crippen LogP contribution in [-0.4, -0.2) is 23.5 Å². The van der Waals surface area contributed by atoms with E-state index in [4.69, 9.17) is 4.74 Å². The zero-order valence-corrected chi connectivity index (χ0v) is 9.50. The molecule has 17 heavy (non-hydrogen) atoms. The topological polar surface area (TPSA) is 46.6 Å². The van der Waals surface area contributed by atoms with Crippen LogP contribution in [0, 0.1) is 0 Å². The lowest BCUT2D eigenvalue weighted by atomic mass is 10.1. The number of carbonyl (C=O) groups excluding carboxylic acids is 2. The molecule has 1 atom stereocenters. The van der Waals surface area contributed by atoms with Gasteiger partial charge in [-0.15, -0.1) is 0 Å². The van der Waals surface area contributed by atoms with Gasteiger partial charge in [-0.2, -0.15) is 0 Å². The van der Waals surface area contributed by atoms with Crippen molar-refractivity contribution < 1.29 is 14.3 Å². The van der Waals surface area contributed by atoms with Gasteiger partial charge in [-0.1, -0.05) is 36.4 Å². The molecule has 1 aromatic rings. The summed E-state index contributed by atoms with van der Waals surface area (Å²) in [4.78, 5) is 24.4. The van der Waals surface area contributed by atoms with Crippen molar-refractivity contribution in [2.75, 3.05) is 6.61 Å². The average molecular weight is 231 g/mol. The monoisotopic (exact) mass is 231 g/mol. The van der Waals surface area contributed by atoms with E-state index in [1.807, 2.05) is 30.3 Å². The molecule has 4 heteroatoms. The van der Waals surface area contributed by atoms with Crippen LogP contribution in [0.5, 0.6) is 0 Å². The lowest BCUT2D eigenvalue weighted by molar-refractivity contribution is -0.124. The van der Waals surface area contributed by atoms with Crippen LogP contribution in [0.3, 0.4) is 0 Å². The Hall–Kier alpha value is -2.10. The van der Waals surface area contributed by atoms with Crippen molar-refractivity contribution in [2.45, 2.75) is 13.0 Å². The molecule has 0 spiro atoms. The van der Waals surface area contributed by atoms with Gasteiger partial charge in [0.2, 0.25) is 0 Å². The molecular formula is C13H13NO3. The molecule has 2 rings (SSSR count). The van der Waals surface area contributed by atoms with Crippen LogP contribution >= 0.6 is 0 Å². The summed E-state index contributed by atoms with van der Waals surface area (Å²) in [5.74, 6) is -0.344. The fourth-order valence-electron chi connectivity index (χ4n) is 1.81. The third kappa shape index (κ3) is 2.20. The second-order valence-electron chi connectivity index (χ2n) is 3.71. The Morgan fingerprint density at radius 1 is 1.41 bits per heavy atom. The number of imide groups is 1. The normalized spacial score (nSPS) is 19.7. The van der Waals surface area contributed by atoms with E-state index >= 15 is 0 Å². The smallest absolute Gasteiger partial charge is 0.417 e. The molecule has 88 valence electrons. The van der Waals surface area contributed by atoms with Crippen molar-refractivity contribution in [3.8, 4) is 0 Å². The van der Waals surface area contributed by atoms with Gasteiger partial charge in [0.05, 0.1) is 0 Å². The number of rotatable bonds is 2. The Bertz CT molecular complexity index is 453. The molecule has 1 saturated heterocycles. The Morgan fingerprint density at radius 3 is 2.76 bits per heavy atom. The number of carbonyl (C=O) groups is 2. The van der Waals surface area contributed by atoms with E-state index in [0.717, 1.165) is 10.5 Å². The summed E-state index contributed by atoms with van der Waals surface area (Å²) in [6, 6.07) is 9.06. The molecular weight excluding hydrogens is 218 g/mol. The zero-order valence-electron chi connectivity index (χ0n) is 9.50. The molecule has 0 aliphatic carbocycles. The maximum atomic E-state index is 11.8. The van der Waals surface area contributed by atoms with E-state index in [-0.39, 0.29) is 18.6 Å². The minimum absolute atomic E-state index is 0.214. The van der Waals surface area contributed by atoms with Gasteiger partial charge in [-0.25, -0.2) is 9.69 Å². The van der Waals surface area contributed by atoms with E-state index in [9.17, 15) is 9.59 Å². The van der Waals surface area contributed by atoms with Gasteiger partial charge in [-0.3, -0.25) is 4.79 Å². The predicted octanol–water partition coefficient (Wildman–Crippen LogP) is 2.28. The summed E-state index contributed by atoms with van der Waals surface area (Å²) < 4.78 is 4.93. The quantitative estimate of drug-likeness (QED) is 0.733. The van der Waals surface area contributed by atoms with Crippen molar-refractivity contribution in [1.82, 2.24) is 4.90 Å². The van der Waals surface area contributed by atoms with E-state index in [1.54, 1.807) is 13.0 Å². The van der Waals surface area contributed by atoms with Gasteiger partial charge in [0.25, 0.3) is 5.91 Å². The van der Waals surface area contributed by atoms with Gasteiger partial charge >= 0.3 is 6.09 Å². The van der Waals surface area contributed by atoms with E-state index < -0.39 is 6.09 Å². The van der Waals surface area contributed by atoms with Gasteiger partial charge in [0.1, 0.15) is 12.6 Å². The van der Waals surface area contributed by atoms with Crippen molar-refractivity contribution >= 4 is 12.0 Å². The SMILES string of the molecule is CC=CC(=O)N1C(=O)OC[C@@H]1c1ccccc1. The highest BCUT2D eigenvalue weighted by molar-refractivity contribution is 5.99. The third-order valence-electron chi connectivity index (χ3n) is 2.60. The third-order valence-corrected chi connectivity index (χ3v) is 2.60. The van der Waals surface area contributed by atoms with Crippen molar-refractivity contribution in [2.24, 2.45) is 0 Å². The first-order chi connectivity index (χ1) is 8.24. The van der Waals surface area contributed by atoms with Crippen LogP contribution in [0.1, 0.15) is 18.5 Å². The van der Waals surface area contributed by atoms with Gasteiger partial charge in [-0.05, 0) is 18.6 Å². The molecule has 0 unspecified atom stereocenters. The van der Waals surface area contributed by atoms with Crippen LogP contribution in [-0.2, 0) is 9.53 Å². The maximum Gasteiger partial charge on any atom is 0.417 e. The largest absolute Gasteiger partial charge is 0.446 e. The lowest BCUT2D eigenvalue weighted by Crippen LogP contribution is -2.32. The Morgan fingerprint density at radius 2 is 2.12 bits per heavy atom. The fraction of sp³-hybridized carbons (Fsp3) is 0.231. The molecule has 1 fully saturated rings. The molecule has 1 aromatic carbocycles. The lowest BCUT2D eigenvalue weighted by Gasteiger charge is -2.18. The number of amides is 2. The zero-order chi connectivity index (χ0) is 12.3. The van der Waals surface area contributed by atoms with Crippen molar-refractivity contribution in [1.29, 1.82) is 0 Å². The maximum absolute atomic E-state index is 11.8. The van der Waals surface area contributed by atoms with E-state index in [0.29, 0.717) is 0 Å². The second-order valence-corrected chi connectivity index (χ2v) is 3.71. The highest BCUT2D eigenvalue weighted by atomic mass is 16.6. The number of cyclic esters (lactones) is 1. The summed E-state index contributed by atoms with van der Waals surface area (Å²) in [5, 5.41) is 0. The number of allylic oxidation sites excluding steroid dienone is 1. The minimum Gasteiger partial charge on any atom is -0.446 e. The fourth-order valence-corrected chi connectivity index (χ4v) is 1.81. The Balaban J connectivity index is 2.28. The van der Waals surface area contributed by atoms with Gasteiger partial charge in [0.15, 0.2) is 0 Å². The summed E-state index contributed by atoms with van der Waals surface area (Å²) in [6.07, 6.45) is 2.39. The number of ether oxygens (including phenoxy) is 1. The number of nitrogens with zero attached hydrogens (tertiary/aromatic N) is 1. The number of hydrogen-bond acceptors (Lipinski definition) is 3. The molecule has 0 bridgehead atoms. The molecule has 1 aliphatic rings. The summed E-state index contributed by atoms with van der Waals surface area (Å²) in [6.45, 7) is 1.95. The molecule has 2 amide bonds. The van der Waals surface area contributed by atoms with E-state index in [1.165, 1.54) is 6.08 Å². The number of benzene rings is 1. The van der Waals surface area contributed by atoms with Crippen molar-refractivity contribution in [3.05, 3.63) is 48.0 Å². The first-order valence-corrected chi connectivity index (χ1v) is 5.41. The van der Waals surface area contributed by atoms with Crippen LogP contribution < -0.4 is 0 Å². The molecule has 0 saturated carbocycles. The summed E-state index contributed by atoms with van der Waals surface area (Å²) in [5.41, 5.74) is 0.899. The highest BCUT2D eigenvalue weighted by Gasteiger charge is 2.37. The van der Waals surface area contributed by atoms with Gasteiger partial charge in [0, 0.05) is 0 Å². The predicted molar refractivity (Wildman–Crippen MR) is 62.2 cm³/mol. The molecule has 0 aromatic heterocycles. The summed E-state index contributed by atoms with van der Waals surface area (Å²) >= 11 is 0. The highest BCUT2D eigenvalue weighted by Crippen LogP contribution is 2.27. The van der Waals surface area contributed by atoms with Crippen LogP contribution in [0.25, 0.3) is 0 Å². The molecule has 4 nitrogen and oxygen atoms in total. The Labute approximate surface area is 99.5 Å². The van der Waals surface area contributed by atoms with Crippen LogP contribution in [0.15, 0.2) is 42.5 Å². The standard InChI is InChI=1S/C13H13NO3/c1-2-6-12(15)14-11(9-17-13(14)16)10-7-4-3-5-8-10/h2-8,11H,9H2,1H3/t11-/m1/s1. The summed E-state index contributed by atoms with van der Waals surface area (Å²) in [7, 11) is 0. The van der Waals surface area contributed by atoms with Crippen molar-refractivity contribution in [3.63, 3.8) is 0 Å². The van der Waals surface area contributed by atoms with Crippen LogP contribution in [0.4, 0.5) is 4.79 Å². The minimum atomic E-state index is -0.582. The molecule has 1 heterocycles. The first kappa shape index (κ1) is 11.4. The molecule has 1 aliphatic heterocycles. The first-order valence-electron chi connectivity index (χ1n) is 5.41. The second kappa shape index (κ2) is 4.82. The average Bonchev–Trinajstić information content (AvgIpc) is 2.73. The van der Waals surface area contributed by atoms with Gasteiger partial charge < -0.3 is 4.74 Å².